The predicted octanol–water partition coefficient (Wildman–Crippen LogP) is 3.30. The fraction of sp³-hybridized carbons (Fsp3) is 0.458. The molecule has 0 radical (unpaired) electrons. The van der Waals surface area contributed by atoms with Crippen molar-refractivity contribution in [1.29, 1.82) is 0 Å². The summed E-state index contributed by atoms with van der Waals surface area (Å²) in [7, 11) is 0. The van der Waals surface area contributed by atoms with E-state index in [1.54, 1.807) is 16.9 Å². The second-order valence-corrected chi connectivity index (χ2v) is 9.08. The minimum absolute atomic E-state index is 0.143. The first-order chi connectivity index (χ1) is 15.7. The summed E-state index contributed by atoms with van der Waals surface area (Å²) in [4.78, 5) is 2.42. The van der Waals surface area contributed by atoms with Crippen molar-refractivity contribution >= 4 is 5.82 Å². The van der Waals surface area contributed by atoms with Gasteiger partial charge in [-0.05, 0) is 50.3 Å². The van der Waals surface area contributed by atoms with Crippen molar-refractivity contribution in [2.75, 3.05) is 18.1 Å². The predicted molar refractivity (Wildman–Crippen MR) is 121 cm³/mol. The van der Waals surface area contributed by atoms with E-state index in [0.717, 1.165) is 43.1 Å². The Labute approximate surface area is 187 Å². The summed E-state index contributed by atoms with van der Waals surface area (Å²) in [6.07, 6.45) is 10.7. The summed E-state index contributed by atoms with van der Waals surface area (Å²) in [5.74, 6) is 1.74. The lowest BCUT2D eigenvalue weighted by Gasteiger charge is -2.44. The van der Waals surface area contributed by atoms with Crippen LogP contribution in [0.2, 0.25) is 0 Å². The van der Waals surface area contributed by atoms with Gasteiger partial charge in [-0.2, -0.15) is 5.10 Å². The van der Waals surface area contributed by atoms with Crippen molar-refractivity contribution in [3.63, 3.8) is 0 Å². The number of nitrogens with one attached hydrogen (secondary N) is 1. The largest absolute Gasteiger partial charge is 0.507 e. The molecule has 2 saturated heterocycles. The first kappa shape index (κ1) is 19.5. The summed E-state index contributed by atoms with van der Waals surface area (Å²) in [5, 5.41) is 27.8. The van der Waals surface area contributed by atoms with Gasteiger partial charge in [0.1, 0.15) is 11.4 Å². The van der Waals surface area contributed by atoms with Crippen LogP contribution in [0, 0.1) is 0 Å². The second-order valence-electron chi connectivity index (χ2n) is 9.08. The molecule has 32 heavy (non-hydrogen) atoms. The highest BCUT2D eigenvalue weighted by molar-refractivity contribution is 5.71. The monoisotopic (exact) mass is 432 g/mol. The minimum Gasteiger partial charge on any atom is -0.507 e. The number of phenols is 1. The van der Waals surface area contributed by atoms with Gasteiger partial charge in [0.15, 0.2) is 11.6 Å². The highest BCUT2D eigenvalue weighted by Crippen LogP contribution is 2.38. The number of aromatic nitrogens is 4. The smallest absolute Gasteiger partial charge is 0.194 e. The van der Waals surface area contributed by atoms with Gasteiger partial charge < -0.3 is 20.1 Å². The van der Waals surface area contributed by atoms with Crippen molar-refractivity contribution < 1.29 is 9.84 Å². The summed E-state index contributed by atoms with van der Waals surface area (Å²) >= 11 is 0. The standard InChI is InChI=1S/C24H28N6O2/c31-22-14-18(30-10-2-8-25-30)6-7-20(22)21-15-23-24(28-27-21)29(9-3-11-32-23)19-12-16-4-1-5-17(13-19)26-16/h2,6-8,10,14-17,19,26,31H,1,3-5,9,11-13H2/t16-,17+,19-. The molecule has 166 valence electrons. The molecule has 0 spiro atoms. The molecule has 2 aromatic heterocycles. The number of fused-ring (bicyclic) bond motifs is 3. The normalized spacial score (nSPS) is 25.0. The molecular formula is C24H28N6O2. The Morgan fingerprint density at radius 1 is 1.06 bits per heavy atom. The molecule has 8 heteroatoms. The van der Waals surface area contributed by atoms with Crippen molar-refractivity contribution in [1.82, 2.24) is 25.3 Å². The van der Waals surface area contributed by atoms with Crippen LogP contribution < -0.4 is 15.0 Å². The number of benzene rings is 1. The van der Waals surface area contributed by atoms with Crippen molar-refractivity contribution in [2.24, 2.45) is 0 Å². The molecule has 3 aliphatic heterocycles. The molecule has 0 aliphatic carbocycles. The van der Waals surface area contributed by atoms with E-state index >= 15 is 0 Å². The number of piperidine rings is 2. The number of rotatable bonds is 3. The van der Waals surface area contributed by atoms with Crippen LogP contribution in [-0.4, -0.2) is 56.4 Å². The highest BCUT2D eigenvalue weighted by Gasteiger charge is 2.36. The average Bonchev–Trinajstić information content (AvgIpc) is 3.26. The Morgan fingerprint density at radius 3 is 2.72 bits per heavy atom. The Morgan fingerprint density at radius 2 is 1.94 bits per heavy atom. The van der Waals surface area contributed by atoms with E-state index in [4.69, 9.17) is 4.74 Å². The van der Waals surface area contributed by atoms with Crippen LogP contribution in [0.25, 0.3) is 16.9 Å². The maximum Gasteiger partial charge on any atom is 0.194 e. The van der Waals surface area contributed by atoms with E-state index in [9.17, 15) is 5.11 Å². The van der Waals surface area contributed by atoms with Gasteiger partial charge in [0.05, 0.1) is 12.3 Å². The molecule has 8 nitrogen and oxygen atoms in total. The van der Waals surface area contributed by atoms with E-state index in [1.807, 2.05) is 30.5 Å². The molecule has 2 fully saturated rings. The molecule has 1 aromatic carbocycles. The lowest BCUT2D eigenvalue weighted by Crippen LogP contribution is -2.55. The molecular weight excluding hydrogens is 404 g/mol. The van der Waals surface area contributed by atoms with Crippen LogP contribution >= 0.6 is 0 Å². The Balaban J connectivity index is 1.31. The van der Waals surface area contributed by atoms with Crippen LogP contribution in [-0.2, 0) is 0 Å². The lowest BCUT2D eigenvalue weighted by molar-refractivity contribution is 0.216. The quantitative estimate of drug-likeness (QED) is 0.656. The maximum absolute atomic E-state index is 10.7. The first-order valence-electron chi connectivity index (χ1n) is 11.6. The van der Waals surface area contributed by atoms with Crippen LogP contribution in [0.15, 0.2) is 42.7 Å². The molecule has 0 amide bonds. The van der Waals surface area contributed by atoms with Crippen LogP contribution in [0.4, 0.5) is 5.82 Å². The molecule has 3 aromatic rings. The third kappa shape index (κ3) is 3.58. The minimum atomic E-state index is 0.143. The van der Waals surface area contributed by atoms with Crippen LogP contribution in [0.5, 0.6) is 11.5 Å². The first-order valence-corrected chi connectivity index (χ1v) is 11.6. The van der Waals surface area contributed by atoms with E-state index in [-0.39, 0.29) is 5.75 Å². The van der Waals surface area contributed by atoms with Crippen LogP contribution in [0.3, 0.4) is 0 Å². The third-order valence-electron chi connectivity index (χ3n) is 6.97. The van der Waals surface area contributed by atoms with Gasteiger partial charge in [-0.1, -0.05) is 6.42 Å². The molecule has 6 rings (SSSR count). The Hall–Kier alpha value is -3.13. The van der Waals surface area contributed by atoms with Gasteiger partial charge in [-0.3, -0.25) is 0 Å². The second kappa shape index (κ2) is 8.09. The Kier molecular flexibility index (Phi) is 4.94. The molecule has 0 unspecified atom stereocenters. The molecule has 3 aliphatic rings. The van der Waals surface area contributed by atoms with E-state index in [1.165, 1.54) is 19.3 Å². The maximum atomic E-state index is 10.7. The average molecular weight is 433 g/mol. The molecule has 0 saturated carbocycles. The number of phenolic OH excluding ortho intramolecular Hbond substituents is 1. The van der Waals surface area contributed by atoms with Crippen molar-refractivity contribution in [2.45, 2.75) is 56.7 Å². The zero-order valence-corrected chi connectivity index (χ0v) is 18.0. The number of hydrogen-bond donors (Lipinski definition) is 2. The van der Waals surface area contributed by atoms with Crippen molar-refractivity contribution in [3.05, 3.63) is 42.7 Å². The highest BCUT2D eigenvalue weighted by atomic mass is 16.5. The van der Waals surface area contributed by atoms with Gasteiger partial charge in [-0.25, -0.2) is 4.68 Å². The van der Waals surface area contributed by atoms with Gasteiger partial charge in [-0.15, -0.1) is 10.2 Å². The number of anilines is 1. The summed E-state index contributed by atoms with van der Waals surface area (Å²) < 4.78 is 7.80. The van der Waals surface area contributed by atoms with E-state index in [0.29, 0.717) is 36.0 Å². The van der Waals surface area contributed by atoms with Gasteiger partial charge in [0.25, 0.3) is 0 Å². The lowest BCUT2D eigenvalue weighted by atomic mass is 9.83. The van der Waals surface area contributed by atoms with Gasteiger partial charge in [0.2, 0.25) is 0 Å². The number of hydrogen-bond acceptors (Lipinski definition) is 7. The molecule has 3 atom stereocenters. The Bertz CT molecular complexity index is 1090. The zero-order chi connectivity index (χ0) is 21.5. The number of aromatic hydroxyl groups is 1. The molecule has 2 bridgehead atoms. The SMILES string of the molecule is Oc1cc(-n2cccn2)ccc1-c1cc2c(nn1)N([C@@H]1C[C@H]3CCC[C@@H](C1)N3)CCCO2. The fourth-order valence-corrected chi connectivity index (χ4v) is 5.47. The zero-order valence-electron chi connectivity index (χ0n) is 18.0. The third-order valence-corrected chi connectivity index (χ3v) is 6.97. The summed E-state index contributed by atoms with van der Waals surface area (Å²) in [5.41, 5.74) is 2.03. The van der Waals surface area contributed by atoms with E-state index < -0.39 is 0 Å². The van der Waals surface area contributed by atoms with Gasteiger partial charge >= 0.3 is 0 Å². The number of ether oxygens (including phenoxy) is 1. The summed E-state index contributed by atoms with van der Waals surface area (Å²) in [6, 6.07) is 10.9. The molecule has 5 heterocycles. The topological polar surface area (TPSA) is 88.3 Å². The van der Waals surface area contributed by atoms with Crippen LogP contribution in [0.1, 0.15) is 38.5 Å². The van der Waals surface area contributed by atoms with Gasteiger partial charge in [0, 0.05) is 54.8 Å². The summed E-state index contributed by atoms with van der Waals surface area (Å²) in [6.45, 7) is 1.60. The molecule has 2 N–H and O–H groups in total. The fourth-order valence-electron chi connectivity index (χ4n) is 5.47. The van der Waals surface area contributed by atoms with E-state index in [2.05, 4.69) is 25.5 Å². The van der Waals surface area contributed by atoms with Crippen molar-refractivity contribution in [3.8, 4) is 28.4 Å². The number of nitrogens with zero attached hydrogens (tertiary/aromatic N) is 5.